The second-order valence-corrected chi connectivity index (χ2v) is 7.29. The van der Waals surface area contributed by atoms with E-state index in [9.17, 15) is 4.79 Å². The number of hydrogen-bond acceptors (Lipinski definition) is 5. The molecule has 1 unspecified atom stereocenters. The number of fused-ring (bicyclic) bond motifs is 1. The van der Waals surface area contributed by atoms with Gasteiger partial charge in [-0.2, -0.15) is 0 Å². The fraction of sp³-hybridized carbons (Fsp3) is 0.364. The van der Waals surface area contributed by atoms with Gasteiger partial charge in [0.05, 0.1) is 13.1 Å². The van der Waals surface area contributed by atoms with Gasteiger partial charge in [-0.15, -0.1) is 10.2 Å². The lowest BCUT2D eigenvalue weighted by atomic mass is 10.2. The number of amides is 1. The van der Waals surface area contributed by atoms with Crippen LogP contribution in [0.4, 0.5) is 5.69 Å². The Labute approximate surface area is 180 Å². The first-order valence-electron chi connectivity index (χ1n) is 10.5. The van der Waals surface area contributed by atoms with Gasteiger partial charge in [-0.25, -0.2) is 4.99 Å². The van der Waals surface area contributed by atoms with Gasteiger partial charge >= 0.3 is 0 Å². The maximum Gasteiger partial charge on any atom is 0.253 e. The molecule has 0 saturated carbocycles. The van der Waals surface area contributed by atoms with Gasteiger partial charge < -0.3 is 20.7 Å². The number of nitrogens with zero attached hydrogens (tertiary/aromatic N) is 4. The highest BCUT2D eigenvalue weighted by Crippen LogP contribution is 2.16. The number of ether oxygens (including phenoxy) is 1. The Hall–Kier alpha value is -3.46. The molecule has 0 spiro atoms. The molecule has 3 N–H and O–H groups in total. The zero-order chi connectivity index (χ0) is 21.5. The summed E-state index contributed by atoms with van der Waals surface area (Å²) in [7, 11) is 0. The molecule has 1 fully saturated rings. The van der Waals surface area contributed by atoms with E-state index in [4.69, 9.17) is 4.74 Å². The summed E-state index contributed by atoms with van der Waals surface area (Å²) in [4.78, 5) is 16.9. The highest BCUT2D eigenvalue weighted by molar-refractivity contribution is 5.94. The molecule has 9 heteroatoms. The highest BCUT2D eigenvalue weighted by Gasteiger charge is 2.23. The van der Waals surface area contributed by atoms with Crippen molar-refractivity contribution in [2.24, 2.45) is 4.99 Å². The van der Waals surface area contributed by atoms with E-state index in [-0.39, 0.29) is 12.0 Å². The van der Waals surface area contributed by atoms with E-state index in [1.807, 2.05) is 60.0 Å². The lowest BCUT2D eigenvalue weighted by Gasteiger charge is -2.12. The van der Waals surface area contributed by atoms with Gasteiger partial charge in [0.1, 0.15) is 6.10 Å². The van der Waals surface area contributed by atoms with Crippen LogP contribution >= 0.6 is 0 Å². The van der Waals surface area contributed by atoms with Crippen LogP contribution in [0.15, 0.2) is 53.7 Å². The van der Waals surface area contributed by atoms with Crippen molar-refractivity contribution in [1.82, 2.24) is 25.2 Å². The van der Waals surface area contributed by atoms with Crippen LogP contribution < -0.4 is 16.0 Å². The standard InChI is InChI=1S/C22H27N7O2/c1-2-23-22(25-15-20-28-27-19-10-3-4-11-29(19)20)24-14-16-7-5-8-17(13-16)26-21(30)18-9-6-12-31-18/h3-5,7-8,10-11,13,18H,2,6,9,12,14-15H2,1H3,(H,26,30)(H2,23,24,25). The van der Waals surface area contributed by atoms with Crippen LogP contribution in [0.25, 0.3) is 5.65 Å². The predicted octanol–water partition coefficient (Wildman–Crippen LogP) is 2.10. The lowest BCUT2D eigenvalue weighted by Crippen LogP contribution is -2.37. The molecule has 1 saturated heterocycles. The molecule has 0 aliphatic carbocycles. The Balaban J connectivity index is 1.38. The van der Waals surface area contributed by atoms with Gasteiger partial charge in [0.15, 0.2) is 17.4 Å². The summed E-state index contributed by atoms with van der Waals surface area (Å²) in [5.74, 6) is 1.40. The molecule has 1 atom stereocenters. The van der Waals surface area contributed by atoms with Gasteiger partial charge in [-0.1, -0.05) is 18.2 Å². The Bertz CT molecular complexity index is 1060. The number of carbonyl (C=O) groups excluding carboxylic acids is 1. The lowest BCUT2D eigenvalue weighted by molar-refractivity contribution is -0.124. The van der Waals surface area contributed by atoms with E-state index < -0.39 is 0 Å². The van der Waals surface area contributed by atoms with E-state index in [2.05, 4.69) is 31.1 Å². The minimum absolute atomic E-state index is 0.0892. The summed E-state index contributed by atoms with van der Waals surface area (Å²) in [5, 5.41) is 17.9. The zero-order valence-corrected chi connectivity index (χ0v) is 17.5. The quantitative estimate of drug-likeness (QED) is 0.399. The molecule has 1 aliphatic rings. The second kappa shape index (κ2) is 10.0. The van der Waals surface area contributed by atoms with Crippen molar-refractivity contribution in [1.29, 1.82) is 0 Å². The van der Waals surface area contributed by atoms with Crippen molar-refractivity contribution >= 4 is 23.2 Å². The van der Waals surface area contributed by atoms with E-state index in [0.717, 1.165) is 42.1 Å². The molecule has 2 aromatic heterocycles. The SMILES string of the molecule is CCNC(=NCc1cccc(NC(=O)C2CCCO2)c1)NCc1nnc2ccccn12. The number of carbonyl (C=O) groups is 1. The highest BCUT2D eigenvalue weighted by atomic mass is 16.5. The summed E-state index contributed by atoms with van der Waals surface area (Å²) >= 11 is 0. The average Bonchev–Trinajstić information content (AvgIpc) is 3.46. The van der Waals surface area contributed by atoms with Crippen LogP contribution in [0.1, 0.15) is 31.2 Å². The van der Waals surface area contributed by atoms with Crippen molar-refractivity contribution in [3.05, 3.63) is 60.0 Å². The number of rotatable bonds is 7. The average molecular weight is 422 g/mol. The van der Waals surface area contributed by atoms with Crippen LogP contribution in [-0.2, 0) is 22.6 Å². The Morgan fingerprint density at radius 3 is 3.00 bits per heavy atom. The molecule has 162 valence electrons. The maximum absolute atomic E-state index is 12.3. The summed E-state index contributed by atoms with van der Waals surface area (Å²) in [5.41, 5.74) is 2.56. The molecule has 0 bridgehead atoms. The summed E-state index contributed by atoms with van der Waals surface area (Å²) in [6, 6.07) is 13.5. The molecule has 1 aliphatic heterocycles. The minimum atomic E-state index is -0.348. The Morgan fingerprint density at radius 2 is 2.16 bits per heavy atom. The number of benzene rings is 1. The summed E-state index contributed by atoms with van der Waals surface area (Å²) in [6.45, 7) is 4.38. The van der Waals surface area contributed by atoms with E-state index in [1.54, 1.807) is 0 Å². The van der Waals surface area contributed by atoms with Crippen molar-refractivity contribution < 1.29 is 9.53 Å². The first-order valence-corrected chi connectivity index (χ1v) is 10.5. The first kappa shape index (κ1) is 20.8. The number of guanidine groups is 1. The monoisotopic (exact) mass is 421 g/mol. The van der Waals surface area contributed by atoms with E-state index >= 15 is 0 Å². The van der Waals surface area contributed by atoms with Crippen molar-refractivity contribution in [3.63, 3.8) is 0 Å². The predicted molar refractivity (Wildman–Crippen MR) is 119 cm³/mol. The molecule has 9 nitrogen and oxygen atoms in total. The third kappa shape index (κ3) is 5.37. The normalized spacial score (nSPS) is 16.4. The fourth-order valence-electron chi connectivity index (χ4n) is 3.44. The van der Waals surface area contributed by atoms with Crippen LogP contribution in [0.3, 0.4) is 0 Å². The van der Waals surface area contributed by atoms with Crippen LogP contribution in [0, 0.1) is 0 Å². The van der Waals surface area contributed by atoms with Crippen LogP contribution in [-0.4, -0.2) is 45.7 Å². The van der Waals surface area contributed by atoms with Crippen LogP contribution in [0.5, 0.6) is 0 Å². The molecule has 1 amide bonds. The van der Waals surface area contributed by atoms with Gasteiger partial charge in [-0.05, 0) is 49.6 Å². The second-order valence-electron chi connectivity index (χ2n) is 7.29. The molecule has 3 aromatic rings. The molecule has 3 heterocycles. The number of pyridine rings is 1. The van der Waals surface area contributed by atoms with Crippen molar-refractivity contribution in [2.45, 2.75) is 39.0 Å². The third-order valence-electron chi connectivity index (χ3n) is 4.98. The first-order chi connectivity index (χ1) is 15.2. The van der Waals surface area contributed by atoms with E-state index in [0.29, 0.717) is 25.7 Å². The smallest absolute Gasteiger partial charge is 0.253 e. The summed E-state index contributed by atoms with van der Waals surface area (Å²) in [6.07, 6.45) is 3.29. The number of nitrogens with one attached hydrogen (secondary N) is 3. The Kier molecular flexibility index (Phi) is 6.73. The minimum Gasteiger partial charge on any atom is -0.368 e. The molecule has 1 aromatic carbocycles. The molecule has 31 heavy (non-hydrogen) atoms. The topological polar surface area (TPSA) is 105 Å². The van der Waals surface area contributed by atoms with Crippen molar-refractivity contribution in [2.75, 3.05) is 18.5 Å². The van der Waals surface area contributed by atoms with E-state index in [1.165, 1.54) is 0 Å². The van der Waals surface area contributed by atoms with Gasteiger partial charge in [0.2, 0.25) is 0 Å². The van der Waals surface area contributed by atoms with Gasteiger partial charge in [0, 0.05) is 25.0 Å². The molecule has 0 radical (unpaired) electrons. The maximum atomic E-state index is 12.3. The molecular formula is C22H27N7O2. The number of aliphatic imine (C=N–C) groups is 1. The largest absolute Gasteiger partial charge is 0.368 e. The van der Waals surface area contributed by atoms with Crippen LogP contribution in [0.2, 0.25) is 0 Å². The fourth-order valence-corrected chi connectivity index (χ4v) is 3.44. The zero-order valence-electron chi connectivity index (χ0n) is 17.5. The number of anilines is 1. The molecular weight excluding hydrogens is 394 g/mol. The summed E-state index contributed by atoms with van der Waals surface area (Å²) < 4.78 is 7.39. The van der Waals surface area contributed by atoms with Gasteiger partial charge in [0.25, 0.3) is 5.91 Å². The number of hydrogen-bond donors (Lipinski definition) is 3. The molecule has 4 rings (SSSR count). The number of aromatic nitrogens is 3. The third-order valence-corrected chi connectivity index (χ3v) is 4.98. The Morgan fingerprint density at radius 1 is 1.23 bits per heavy atom. The van der Waals surface area contributed by atoms with Gasteiger partial charge in [-0.3, -0.25) is 9.20 Å². The van der Waals surface area contributed by atoms with Crippen molar-refractivity contribution in [3.8, 4) is 0 Å².